The predicted octanol–water partition coefficient (Wildman–Crippen LogP) is 8.31. The monoisotopic (exact) mass is 711 g/mol. The van der Waals surface area contributed by atoms with Gasteiger partial charge in [0.15, 0.2) is 5.96 Å². The Morgan fingerprint density at radius 1 is 0.962 bits per heavy atom. The molecule has 2 aromatic rings. The summed E-state index contributed by atoms with van der Waals surface area (Å²) in [6.45, 7) is 11.5. The van der Waals surface area contributed by atoms with Gasteiger partial charge in [-0.15, -0.1) is 0 Å². The number of rotatable bonds is 7. The molecular weight excluding hydrogens is 647 g/mol. The van der Waals surface area contributed by atoms with E-state index in [9.17, 15) is 10.2 Å². The van der Waals surface area contributed by atoms with E-state index in [0.29, 0.717) is 59.4 Å². The molecule has 2 heterocycles. The summed E-state index contributed by atoms with van der Waals surface area (Å²) in [7, 11) is 0. The maximum absolute atomic E-state index is 11.7. The van der Waals surface area contributed by atoms with E-state index in [4.69, 9.17) is 26.5 Å². The number of nitrogens with zero attached hydrogens (tertiary/aromatic N) is 1. The third kappa shape index (κ3) is 6.17. The molecule has 284 valence electrons. The lowest BCUT2D eigenvalue weighted by Gasteiger charge is -2.58. The summed E-state index contributed by atoms with van der Waals surface area (Å²) in [5, 5.41) is 27.8. The van der Waals surface area contributed by atoms with E-state index in [0.717, 1.165) is 62.9 Å². The Hall–Kier alpha value is -2.35. The van der Waals surface area contributed by atoms with Crippen molar-refractivity contribution in [2.24, 2.45) is 63.0 Å². The molecule has 1 aromatic carbocycles. The summed E-state index contributed by atoms with van der Waals surface area (Å²) in [6.07, 6.45) is 22.7. The van der Waals surface area contributed by atoms with Gasteiger partial charge in [-0.05, 0) is 162 Å². The first-order valence-electron chi connectivity index (χ1n) is 21.2. The van der Waals surface area contributed by atoms with Gasteiger partial charge < -0.3 is 30.4 Å². The molecule has 6 saturated carbocycles. The highest BCUT2D eigenvalue weighted by molar-refractivity contribution is 5.84. The van der Waals surface area contributed by atoms with E-state index in [1.54, 1.807) is 6.26 Å². The lowest BCUT2D eigenvalue weighted by Crippen LogP contribution is -2.51. The number of hydrogen-bond acceptors (Lipinski definition) is 5. The van der Waals surface area contributed by atoms with Gasteiger partial charge in [-0.2, -0.15) is 0 Å². The molecule has 1 aliphatic heterocycles. The van der Waals surface area contributed by atoms with Crippen molar-refractivity contribution in [1.29, 1.82) is 0 Å². The number of hydrogen-bond donors (Lipinski definition) is 4. The first-order valence-corrected chi connectivity index (χ1v) is 21.2. The molecule has 0 amide bonds. The van der Waals surface area contributed by atoms with Crippen molar-refractivity contribution in [3.63, 3.8) is 0 Å². The van der Waals surface area contributed by atoms with Crippen molar-refractivity contribution in [1.82, 2.24) is 5.32 Å². The second-order valence-electron chi connectivity index (χ2n) is 19.8. The highest BCUT2D eigenvalue weighted by Crippen LogP contribution is 2.69. The molecule has 7 nitrogen and oxygen atoms in total. The number of epoxide rings is 1. The molecule has 52 heavy (non-hydrogen) atoms. The summed E-state index contributed by atoms with van der Waals surface area (Å²) in [4.78, 5) is 4.82. The minimum Gasteiger partial charge on any atom is -0.471 e. The average Bonchev–Trinajstić information content (AvgIpc) is 3.57. The first-order chi connectivity index (χ1) is 25.0. The maximum Gasteiger partial charge on any atom is 0.188 e. The van der Waals surface area contributed by atoms with Crippen LogP contribution in [0.3, 0.4) is 0 Å². The Labute approximate surface area is 311 Å². The number of nitrogens with two attached hydrogens (primary N) is 1. The van der Waals surface area contributed by atoms with E-state index in [1.165, 1.54) is 80.7 Å². The minimum absolute atomic E-state index is 0.00634. The Morgan fingerprint density at radius 3 is 2.67 bits per heavy atom. The summed E-state index contributed by atoms with van der Waals surface area (Å²) >= 11 is 0. The van der Waals surface area contributed by atoms with Gasteiger partial charge in [-0.1, -0.05) is 37.3 Å². The fourth-order valence-corrected chi connectivity index (χ4v) is 13.9. The Balaban J connectivity index is 0.801. The molecule has 7 aliphatic rings. The lowest BCUT2D eigenvalue weighted by atomic mass is 9.46. The van der Waals surface area contributed by atoms with Crippen molar-refractivity contribution in [2.45, 2.75) is 146 Å². The van der Waals surface area contributed by atoms with Crippen LogP contribution in [0.4, 0.5) is 0 Å². The maximum atomic E-state index is 11.7. The number of nitrogens with one attached hydrogen (secondary N) is 1. The molecule has 9 rings (SSSR count). The standard InChI is InChI=1S/C45H65N3O4/c1-28-20-44(17-13-32(21-44)31-8-10-34-11-12-36(49)23-45(34,50)22-31)40-43(3,52-40)16-14-39-37(28)24-42(39,2)35-9-7-29(19-35)25-48-41(46)47-18-15-30-5-4-6-33-26-51-27-38(30)33/h4-6,26-27,29,31-32,34-37,39-40,49-50H,1,7-25H2,2-3H3,(H3,46,47,48). The zero-order valence-electron chi connectivity index (χ0n) is 32.0. The zero-order valence-corrected chi connectivity index (χ0v) is 32.0. The first kappa shape index (κ1) is 35.4. The van der Waals surface area contributed by atoms with Crippen LogP contribution in [-0.4, -0.2) is 52.7 Å². The highest BCUT2D eigenvalue weighted by atomic mass is 16.6. The average molecular weight is 712 g/mol. The van der Waals surface area contributed by atoms with Crippen molar-refractivity contribution < 1.29 is 19.4 Å². The Morgan fingerprint density at radius 2 is 1.79 bits per heavy atom. The second-order valence-corrected chi connectivity index (χ2v) is 19.8. The van der Waals surface area contributed by atoms with Crippen LogP contribution in [0.2, 0.25) is 0 Å². The summed E-state index contributed by atoms with van der Waals surface area (Å²) in [6, 6.07) is 6.33. The number of guanidine groups is 1. The molecule has 1 spiro atoms. The lowest BCUT2D eigenvalue weighted by molar-refractivity contribution is -0.127. The van der Waals surface area contributed by atoms with Gasteiger partial charge in [-0.3, -0.25) is 4.99 Å². The largest absolute Gasteiger partial charge is 0.471 e. The third-order valence-electron chi connectivity index (χ3n) is 16.8. The van der Waals surface area contributed by atoms with Crippen LogP contribution in [0, 0.1) is 52.3 Å². The van der Waals surface area contributed by atoms with Crippen molar-refractivity contribution in [3.05, 3.63) is 48.4 Å². The van der Waals surface area contributed by atoms with Crippen LogP contribution in [-0.2, 0) is 11.2 Å². The number of allylic oxidation sites excluding steroid dienone is 1. The van der Waals surface area contributed by atoms with Crippen LogP contribution in [0.25, 0.3) is 10.8 Å². The van der Waals surface area contributed by atoms with E-state index in [2.05, 4.69) is 37.4 Å². The van der Waals surface area contributed by atoms with Crippen LogP contribution >= 0.6 is 0 Å². The highest BCUT2D eigenvalue weighted by Gasteiger charge is 2.67. The number of benzene rings is 1. The van der Waals surface area contributed by atoms with Gasteiger partial charge in [0.1, 0.15) is 0 Å². The third-order valence-corrected chi connectivity index (χ3v) is 16.8. The minimum atomic E-state index is -0.654. The van der Waals surface area contributed by atoms with Crippen molar-refractivity contribution >= 4 is 16.7 Å². The quantitative estimate of drug-likeness (QED) is 0.0994. The van der Waals surface area contributed by atoms with Gasteiger partial charge >= 0.3 is 0 Å². The van der Waals surface area contributed by atoms with E-state index in [1.807, 2.05) is 6.26 Å². The molecule has 7 heteroatoms. The van der Waals surface area contributed by atoms with Crippen molar-refractivity contribution in [2.75, 3.05) is 13.1 Å². The normalized spacial score (nSPS) is 46.1. The van der Waals surface area contributed by atoms with Gasteiger partial charge in [0.25, 0.3) is 0 Å². The fourth-order valence-electron chi connectivity index (χ4n) is 13.9. The Kier molecular flexibility index (Phi) is 8.94. The number of aliphatic imine (C=N–C) groups is 1. The smallest absolute Gasteiger partial charge is 0.188 e. The number of furan rings is 1. The molecule has 6 aliphatic carbocycles. The molecule has 0 radical (unpaired) electrons. The van der Waals surface area contributed by atoms with Crippen LogP contribution in [0.5, 0.6) is 0 Å². The molecular formula is C45H65N3O4. The Bertz CT molecular complexity index is 1690. The molecule has 13 unspecified atom stereocenters. The second kappa shape index (κ2) is 13.2. The predicted molar refractivity (Wildman–Crippen MR) is 207 cm³/mol. The fraction of sp³-hybridized carbons (Fsp3) is 0.756. The van der Waals surface area contributed by atoms with Crippen molar-refractivity contribution in [3.8, 4) is 0 Å². The van der Waals surface area contributed by atoms with Crippen LogP contribution in [0.15, 0.2) is 52.3 Å². The number of aliphatic hydroxyl groups excluding tert-OH is 1. The summed E-state index contributed by atoms with van der Waals surface area (Å²) in [5.41, 5.74) is 9.08. The topological polar surface area (TPSA) is 117 Å². The van der Waals surface area contributed by atoms with Crippen LogP contribution < -0.4 is 11.1 Å². The number of fused-ring (bicyclic) bond motifs is 5. The van der Waals surface area contributed by atoms with Gasteiger partial charge in [0, 0.05) is 35.7 Å². The molecule has 0 bridgehead atoms. The SMILES string of the molecule is C=C1CC2(CCC(C3CCC4CCC(O)CC4(O)C3)C2)C2OC2(C)CCC2C1CC2(C)C1CCC(CN=C(N)NCCc2cccc3cocc23)C1. The number of ether oxygens (including phenoxy) is 1. The van der Waals surface area contributed by atoms with Gasteiger partial charge in [0.05, 0.1) is 35.9 Å². The summed E-state index contributed by atoms with van der Waals surface area (Å²) in [5.74, 6) is 4.89. The molecule has 13 atom stereocenters. The van der Waals surface area contributed by atoms with E-state index in [-0.39, 0.29) is 17.1 Å². The molecule has 7 fully saturated rings. The summed E-state index contributed by atoms with van der Waals surface area (Å²) < 4.78 is 12.2. The molecule has 5 N–H and O–H groups in total. The molecule has 1 saturated heterocycles. The van der Waals surface area contributed by atoms with E-state index >= 15 is 0 Å². The number of aliphatic hydroxyl groups is 2. The van der Waals surface area contributed by atoms with Crippen LogP contribution in [0.1, 0.15) is 122 Å². The van der Waals surface area contributed by atoms with Gasteiger partial charge in [-0.25, -0.2) is 0 Å². The zero-order chi connectivity index (χ0) is 35.9. The van der Waals surface area contributed by atoms with E-state index < -0.39 is 5.60 Å². The molecule has 1 aromatic heterocycles. The van der Waals surface area contributed by atoms with Gasteiger partial charge in [0.2, 0.25) is 0 Å².